The summed E-state index contributed by atoms with van der Waals surface area (Å²) in [4.78, 5) is 15.6. The number of nitrogens with two attached hydrogens (primary N) is 1. The van der Waals surface area contributed by atoms with Crippen LogP contribution in [0, 0.1) is 11.8 Å². The van der Waals surface area contributed by atoms with Crippen molar-refractivity contribution in [3.05, 3.63) is 18.3 Å². The molecular weight excluding hydrogens is 190 g/mol. The quantitative estimate of drug-likeness (QED) is 0.788. The van der Waals surface area contributed by atoms with Crippen LogP contribution in [0.3, 0.4) is 0 Å². The van der Waals surface area contributed by atoms with Gasteiger partial charge in [-0.3, -0.25) is 4.79 Å². The monoisotopic (exact) mass is 205 g/mol. The van der Waals surface area contributed by atoms with E-state index in [0.29, 0.717) is 17.4 Å². The van der Waals surface area contributed by atoms with Crippen molar-refractivity contribution in [1.82, 2.24) is 4.98 Å². The van der Waals surface area contributed by atoms with Crippen LogP contribution in [-0.2, 0) is 4.79 Å². The molecule has 1 heterocycles. The number of aromatic nitrogens is 1. The predicted octanol–water partition coefficient (Wildman–Crippen LogP) is 1.65. The molecule has 4 nitrogen and oxygen atoms in total. The lowest BCUT2D eigenvalue weighted by Crippen LogP contribution is -2.21. The third-order valence-electron chi connectivity index (χ3n) is 2.80. The van der Waals surface area contributed by atoms with Gasteiger partial charge in [0.1, 0.15) is 5.82 Å². The molecule has 1 unspecified atom stereocenters. The number of hydrogen-bond acceptors (Lipinski definition) is 3. The van der Waals surface area contributed by atoms with E-state index in [9.17, 15) is 4.79 Å². The van der Waals surface area contributed by atoms with Gasteiger partial charge in [-0.2, -0.15) is 0 Å². The van der Waals surface area contributed by atoms with E-state index in [0.717, 1.165) is 0 Å². The Morgan fingerprint density at radius 1 is 1.60 bits per heavy atom. The first-order chi connectivity index (χ1) is 7.16. The molecule has 1 saturated carbocycles. The Morgan fingerprint density at radius 3 is 2.87 bits per heavy atom. The predicted molar refractivity (Wildman–Crippen MR) is 59.2 cm³/mol. The van der Waals surface area contributed by atoms with Crippen LogP contribution in [0.25, 0.3) is 0 Å². The highest BCUT2D eigenvalue weighted by molar-refractivity contribution is 5.92. The molecule has 1 fully saturated rings. The zero-order valence-electron chi connectivity index (χ0n) is 8.73. The van der Waals surface area contributed by atoms with Crippen LogP contribution < -0.4 is 11.1 Å². The fraction of sp³-hybridized carbons (Fsp3) is 0.455. The van der Waals surface area contributed by atoms with Crippen LogP contribution in [0.1, 0.15) is 19.8 Å². The first kappa shape index (κ1) is 9.96. The number of anilines is 2. The highest BCUT2D eigenvalue weighted by Crippen LogP contribution is 2.36. The number of amides is 1. The van der Waals surface area contributed by atoms with Gasteiger partial charge in [-0.15, -0.1) is 0 Å². The molecule has 4 heteroatoms. The Hall–Kier alpha value is -1.58. The highest BCUT2D eigenvalue weighted by Gasteiger charge is 2.32. The largest absolute Gasteiger partial charge is 0.384 e. The van der Waals surface area contributed by atoms with E-state index in [4.69, 9.17) is 5.73 Å². The van der Waals surface area contributed by atoms with Crippen molar-refractivity contribution in [3.63, 3.8) is 0 Å². The van der Waals surface area contributed by atoms with E-state index < -0.39 is 0 Å². The van der Waals surface area contributed by atoms with Crippen LogP contribution in [0.4, 0.5) is 11.5 Å². The van der Waals surface area contributed by atoms with Crippen LogP contribution in [0.5, 0.6) is 0 Å². The van der Waals surface area contributed by atoms with Crippen LogP contribution in [0.2, 0.25) is 0 Å². The molecule has 15 heavy (non-hydrogen) atoms. The van der Waals surface area contributed by atoms with Crippen molar-refractivity contribution in [3.8, 4) is 0 Å². The normalized spacial score (nSPS) is 17.1. The molecule has 1 atom stereocenters. The van der Waals surface area contributed by atoms with E-state index in [2.05, 4.69) is 10.3 Å². The summed E-state index contributed by atoms with van der Waals surface area (Å²) in [6.45, 7) is 1.97. The minimum Gasteiger partial charge on any atom is -0.384 e. The van der Waals surface area contributed by atoms with Gasteiger partial charge in [0, 0.05) is 5.92 Å². The first-order valence-electron chi connectivity index (χ1n) is 5.19. The van der Waals surface area contributed by atoms with E-state index >= 15 is 0 Å². The summed E-state index contributed by atoms with van der Waals surface area (Å²) in [7, 11) is 0. The molecule has 1 aliphatic rings. The number of nitrogens with one attached hydrogen (secondary N) is 1. The molecule has 0 aliphatic heterocycles. The molecule has 2 rings (SSSR count). The second-order valence-corrected chi connectivity index (χ2v) is 4.09. The lowest BCUT2D eigenvalue weighted by molar-refractivity contribution is -0.119. The molecule has 80 valence electrons. The van der Waals surface area contributed by atoms with Crippen molar-refractivity contribution in [2.75, 3.05) is 11.1 Å². The summed E-state index contributed by atoms with van der Waals surface area (Å²) in [6, 6.07) is 3.44. The van der Waals surface area contributed by atoms with Gasteiger partial charge >= 0.3 is 0 Å². The molecule has 0 radical (unpaired) electrons. The maximum atomic E-state index is 11.7. The van der Waals surface area contributed by atoms with Gasteiger partial charge in [0.05, 0.1) is 11.9 Å². The first-order valence-corrected chi connectivity index (χ1v) is 5.19. The number of carbonyl (C=O) groups excluding carboxylic acids is 1. The van der Waals surface area contributed by atoms with E-state index in [1.807, 2.05) is 6.92 Å². The molecule has 1 aliphatic carbocycles. The zero-order valence-corrected chi connectivity index (χ0v) is 8.73. The fourth-order valence-corrected chi connectivity index (χ4v) is 1.55. The second-order valence-electron chi connectivity index (χ2n) is 4.09. The third kappa shape index (κ3) is 2.46. The van der Waals surface area contributed by atoms with Gasteiger partial charge in [0.15, 0.2) is 0 Å². The summed E-state index contributed by atoms with van der Waals surface area (Å²) in [5.74, 6) is 1.21. The summed E-state index contributed by atoms with van der Waals surface area (Å²) in [6.07, 6.45) is 3.93. The molecule has 3 N–H and O–H groups in total. The molecule has 0 aromatic carbocycles. The van der Waals surface area contributed by atoms with Gasteiger partial charge in [-0.1, -0.05) is 6.92 Å². The van der Waals surface area contributed by atoms with Gasteiger partial charge < -0.3 is 11.1 Å². The maximum absolute atomic E-state index is 11.7. The molecule has 0 saturated heterocycles. The van der Waals surface area contributed by atoms with E-state index in [-0.39, 0.29) is 11.8 Å². The van der Waals surface area contributed by atoms with Crippen molar-refractivity contribution in [1.29, 1.82) is 0 Å². The Morgan fingerprint density at radius 2 is 2.33 bits per heavy atom. The SMILES string of the molecule is CC(C(=O)Nc1ccc(N)nc1)C1CC1. The average molecular weight is 205 g/mol. The number of carbonyl (C=O) groups is 1. The number of nitrogens with zero attached hydrogens (tertiary/aromatic N) is 1. The standard InChI is InChI=1S/C11H15N3O/c1-7(8-2-3-8)11(15)14-9-4-5-10(12)13-6-9/h4-8H,2-3H2,1H3,(H2,12,13)(H,14,15). The van der Waals surface area contributed by atoms with Gasteiger partial charge in [-0.25, -0.2) is 4.98 Å². The Balaban J connectivity index is 1.95. The Labute approximate surface area is 88.9 Å². The average Bonchev–Trinajstić information content (AvgIpc) is 3.04. The highest BCUT2D eigenvalue weighted by atomic mass is 16.1. The van der Waals surface area contributed by atoms with Gasteiger partial charge in [-0.05, 0) is 30.9 Å². The zero-order chi connectivity index (χ0) is 10.8. The maximum Gasteiger partial charge on any atom is 0.227 e. The smallest absolute Gasteiger partial charge is 0.227 e. The Bertz CT molecular complexity index is 357. The second kappa shape index (κ2) is 3.88. The molecule has 0 spiro atoms. The Kier molecular flexibility index (Phi) is 2.58. The fourth-order valence-electron chi connectivity index (χ4n) is 1.55. The lowest BCUT2D eigenvalue weighted by atomic mass is 10.1. The summed E-state index contributed by atoms with van der Waals surface area (Å²) < 4.78 is 0. The number of rotatable bonds is 3. The van der Waals surface area contributed by atoms with E-state index in [1.165, 1.54) is 12.8 Å². The van der Waals surface area contributed by atoms with Crippen LogP contribution in [-0.4, -0.2) is 10.9 Å². The summed E-state index contributed by atoms with van der Waals surface area (Å²) >= 11 is 0. The molecule has 0 bridgehead atoms. The van der Waals surface area contributed by atoms with Crippen LogP contribution in [0.15, 0.2) is 18.3 Å². The summed E-state index contributed by atoms with van der Waals surface area (Å²) in [5.41, 5.74) is 6.16. The number of nitrogen functional groups attached to an aromatic ring is 1. The van der Waals surface area contributed by atoms with Crippen molar-refractivity contribution in [2.24, 2.45) is 11.8 Å². The lowest BCUT2D eigenvalue weighted by Gasteiger charge is -2.10. The van der Waals surface area contributed by atoms with Crippen molar-refractivity contribution in [2.45, 2.75) is 19.8 Å². The summed E-state index contributed by atoms with van der Waals surface area (Å²) in [5, 5.41) is 2.83. The molecule has 1 aromatic rings. The topological polar surface area (TPSA) is 68.0 Å². The third-order valence-corrected chi connectivity index (χ3v) is 2.80. The molecular formula is C11H15N3O. The minimum atomic E-state index is 0.0732. The number of hydrogen-bond donors (Lipinski definition) is 2. The minimum absolute atomic E-state index is 0.0732. The van der Waals surface area contributed by atoms with Crippen molar-refractivity contribution < 1.29 is 4.79 Å². The van der Waals surface area contributed by atoms with Crippen LogP contribution >= 0.6 is 0 Å². The van der Waals surface area contributed by atoms with Gasteiger partial charge in [0.25, 0.3) is 0 Å². The molecule has 1 amide bonds. The number of pyridine rings is 1. The molecule has 1 aromatic heterocycles. The van der Waals surface area contributed by atoms with Crippen molar-refractivity contribution >= 4 is 17.4 Å². The van der Waals surface area contributed by atoms with E-state index in [1.54, 1.807) is 18.3 Å². The van der Waals surface area contributed by atoms with Gasteiger partial charge in [0.2, 0.25) is 5.91 Å².